The molecule has 8 heteroatoms. The molecule has 1 aromatic heterocycles. The van der Waals surface area contributed by atoms with Gasteiger partial charge in [-0.05, 0) is 30.7 Å². The van der Waals surface area contributed by atoms with Crippen molar-refractivity contribution in [3.8, 4) is 17.7 Å². The summed E-state index contributed by atoms with van der Waals surface area (Å²) < 4.78 is 11.3. The first-order valence-corrected chi connectivity index (χ1v) is 8.05. The number of pyridine rings is 1. The van der Waals surface area contributed by atoms with Crippen LogP contribution < -0.4 is 10.3 Å². The molecule has 2 rings (SSSR count). The Hall–Kier alpha value is -2.82. The molecule has 0 aliphatic carbocycles. The highest BCUT2D eigenvalue weighted by Crippen LogP contribution is 2.31. The molecule has 0 radical (unpaired) electrons. The number of aromatic hydroxyl groups is 1. The molecule has 1 N–H and O–H groups in total. The molecule has 2 aromatic rings. The highest BCUT2D eigenvalue weighted by Gasteiger charge is 2.18. The van der Waals surface area contributed by atoms with Crippen LogP contribution in [0.15, 0.2) is 28.0 Å². The van der Waals surface area contributed by atoms with Gasteiger partial charge in [0, 0.05) is 18.3 Å². The fourth-order valence-electron chi connectivity index (χ4n) is 2.41. The lowest BCUT2D eigenvalue weighted by molar-refractivity contribution is 0.182. The van der Waals surface area contributed by atoms with Gasteiger partial charge in [-0.1, -0.05) is 11.6 Å². The molecular formula is C18H18ClN3O4. The van der Waals surface area contributed by atoms with Gasteiger partial charge in [0.15, 0.2) is 0 Å². The van der Waals surface area contributed by atoms with Crippen molar-refractivity contribution in [1.29, 1.82) is 5.26 Å². The highest BCUT2D eigenvalue weighted by atomic mass is 35.5. The van der Waals surface area contributed by atoms with Crippen molar-refractivity contribution < 1.29 is 14.6 Å². The first kappa shape index (κ1) is 19.5. The fraction of sp³-hybridized carbons (Fsp3) is 0.278. The van der Waals surface area contributed by atoms with E-state index in [1.165, 1.54) is 20.4 Å². The van der Waals surface area contributed by atoms with Crippen LogP contribution in [0.5, 0.6) is 11.6 Å². The van der Waals surface area contributed by atoms with Gasteiger partial charge >= 0.3 is 0 Å². The monoisotopic (exact) mass is 375 g/mol. The normalized spacial score (nSPS) is 10.9. The summed E-state index contributed by atoms with van der Waals surface area (Å²) in [4.78, 5) is 16.7. The zero-order valence-electron chi connectivity index (χ0n) is 14.6. The van der Waals surface area contributed by atoms with Crippen LogP contribution in [-0.4, -0.2) is 36.7 Å². The van der Waals surface area contributed by atoms with Crippen molar-refractivity contribution in [2.24, 2.45) is 4.99 Å². The lowest BCUT2D eigenvalue weighted by atomic mass is 10.1. The van der Waals surface area contributed by atoms with Gasteiger partial charge in [-0.15, -0.1) is 0 Å². The SMILES string of the molecule is COCCn1c(O)c(C=Nc2cc(Cl)ccc2OC)c(C)c(C#N)c1=O. The van der Waals surface area contributed by atoms with Crippen LogP contribution >= 0.6 is 11.6 Å². The Morgan fingerprint density at radius 2 is 2.15 bits per heavy atom. The standard InChI is InChI=1S/C18H18ClN3O4/c1-11-13(9-20)17(23)22(6-7-25-2)18(24)14(11)10-21-15-8-12(19)4-5-16(15)26-3/h4-5,8,10,24H,6-7H2,1-3H3. The molecule has 1 aromatic carbocycles. The summed E-state index contributed by atoms with van der Waals surface area (Å²) >= 11 is 5.99. The van der Waals surface area contributed by atoms with E-state index in [2.05, 4.69) is 4.99 Å². The molecule has 0 saturated heterocycles. The minimum absolute atomic E-state index is 0.0570. The second-order valence-corrected chi connectivity index (χ2v) is 5.81. The van der Waals surface area contributed by atoms with E-state index in [0.29, 0.717) is 22.0 Å². The Balaban J connectivity index is 2.61. The Morgan fingerprint density at radius 3 is 2.77 bits per heavy atom. The zero-order valence-corrected chi connectivity index (χ0v) is 15.4. The summed E-state index contributed by atoms with van der Waals surface area (Å²) in [6, 6.07) is 6.83. The first-order valence-electron chi connectivity index (χ1n) is 7.67. The van der Waals surface area contributed by atoms with E-state index < -0.39 is 5.56 Å². The number of aromatic nitrogens is 1. The molecule has 0 fully saturated rings. The van der Waals surface area contributed by atoms with Crippen molar-refractivity contribution in [2.75, 3.05) is 20.8 Å². The van der Waals surface area contributed by atoms with Crippen molar-refractivity contribution in [3.63, 3.8) is 0 Å². The molecule has 0 saturated carbocycles. The van der Waals surface area contributed by atoms with Gasteiger partial charge in [0.05, 0.1) is 25.8 Å². The maximum Gasteiger partial charge on any atom is 0.271 e. The summed E-state index contributed by atoms with van der Waals surface area (Å²) in [6.45, 7) is 1.90. The number of rotatable bonds is 6. The molecular weight excluding hydrogens is 358 g/mol. The summed E-state index contributed by atoms with van der Waals surface area (Å²) in [5.41, 5.74) is 0.426. The molecule has 136 valence electrons. The maximum absolute atomic E-state index is 12.4. The zero-order chi connectivity index (χ0) is 19.3. The van der Waals surface area contributed by atoms with Gasteiger partial charge in [0.2, 0.25) is 5.88 Å². The predicted molar refractivity (Wildman–Crippen MR) is 99.0 cm³/mol. The number of hydrogen-bond acceptors (Lipinski definition) is 6. The van der Waals surface area contributed by atoms with E-state index in [9.17, 15) is 15.2 Å². The number of halogens is 1. The third-order valence-corrected chi connectivity index (χ3v) is 4.07. The summed E-state index contributed by atoms with van der Waals surface area (Å²) in [5, 5.41) is 20.3. The van der Waals surface area contributed by atoms with Crippen molar-refractivity contribution >= 4 is 23.5 Å². The largest absolute Gasteiger partial charge is 0.494 e. The van der Waals surface area contributed by atoms with Crippen LogP contribution in [0, 0.1) is 18.3 Å². The summed E-state index contributed by atoms with van der Waals surface area (Å²) in [6.07, 6.45) is 1.38. The Bertz CT molecular complexity index is 945. The lowest BCUT2D eigenvalue weighted by Crippen LogP contribution is -2.26. The van der Waals surface area contributed by atoms with E-state index in [-0.39, 0.29) is 30.2 Å². The number of methoxy groups -OCH3 is 2. The van der Waals surface area contributed by atoms with Gasteiger partial charge in [-0.3, -0.25) is 14.4 Å². The Kier molecular flexibility index (Phi) is 6.39. The van der Waals surface area contributed by atoms with Gasteiger partial charge < -0.3 is 14.6 Å². The number of nitriles is 1. The lowest BCUT2D eigenvalue weighted by Gasteiger charge is -2.13. The molecule has 0 amide bonds. The fourth-order valence-corrected chi connectivity index (χ4v) is 2.58. The van der Waals surface area contributed by atoms with Crippen molar-refractivity contribution in [2.45, 2.75) is 13.5 Å². The maximum atomic E-state index is 12.4. The average Bonchev–Trinajstić information content (AvgIpc) is 2.62. The van der Waals surface area contributed by atoms with Gasteiger partial charge in [-0.25, -0.2) is 0 Å². The Morgan fingerprint density at radius 1 is 1.42 bits per heavy atom. The summed E-state index contributed by atoms with van der Waals surface area (Å²) in [7, 11) is 2.99. The van der Waals surface area contributed by atoms with Crippen LogP contribution in [0.3, 0.4) is 0 Å². The van der Waals surface area contributed by atoms with Crippen molar-refractivity contribution in [1.82, 2.24) is 4.57 Å². The minimum Gasteiger partial charge on any atom is -0.494 e. The number of aliphatic imine (C=N–C) groups is 1. The second-order valence-electron chi connectivity index (χ2n) is 5.37. The number of nitrogens with zero attached hydrogens (tertiary/aromatic N) is 3. The van der Waals surface area contributed by atoms with E-state index in [0.717, 1.165) is 4.57 Å². The quantitative estimate of drug-likeness (QED) is 0.783. The van der Waals surface area contributed by atoms with Crippen molar-refractivity contribution in [3.05, 3.63) is 50.3 Å². The predicted octanol–water partition coefficient (Wildman–Crippen LogP) is 2.79. The van der Waals surface area contributed by atoms with E-state index >= 15 is 0 Å². The number of benzene rings is 1. The van der Waals surface area contributed by atoms with Crippen LogP contribution in [-0.2, 0) is 11.3 Å². The second kappa shape index (κ2) is 8.52. The molecule has 26 heavy (non-hydrogen) atoms. The van der Waals surface area contributed by atoms with Gasteiger partial charge in [0.25, 0.3) is 5.56 Å². The topological polar surface area (TPSA) is 96.8 Å². The van der Waals surface area contributed by atoms with E-state index in [1.54, 1.807) is 25.1 Å². The molecule has 0 unspecified atom stereocenters. The molecule has 7 nitrogen and oxygen atoms in total. The van der Waals surface area contributed by atoms with E-state index in [4.69, 9.17) is 21.1 Å². The van der Waals surface area contributed by atoms with Gasteiger partial charge in [-0.2, -0.15) is 5.26 Å². The van der Waals surface area contributed by atoms with Crippen LogP contribution in [0.25, 0.3) is 0 Å². The Labute approximate surface area is 155 Å². The third-order valence-electron chi connectivity index (χ3n) is 3.84. The number of hydrogen-bond donors (Lipinski definition) is 1. The molecule has 0 atom stereocenters. The first-order chi connectivity index (χ1) is 12.4. The average molecular weight is 376 g/mol. The molecule has 0 aliphatic rings. The molecule has 0 aliphatic heterocycles. The molecule has 1 heterocycles. The van der Waals surface area contributed by atoms with Crippen LogP contribution in [0.2, 0.25) is 5.02 Å². The van der Waals surface area contributed by atoms with E-state index in [1.807, 2.05) is 6.07 Å². The molecule has 0 bridgehead atoms. The van der Waals surface area contributed by atoms with Gasteiger partial charge in [0.1, 0.15) is 23.1 Å². The van der Waals surface area contributed by atoms with Crippen LogP contribution in [0.4, 0.5) is 5.69 Å². The molecule has 0 spiro atoms. The highest BCUT2D eigenvalue weighted by molar-refractivity contribution is 6.30. The third kappa shape index (κ3) is 3.87. The minimum atomic E-state index is -0.572. The van der Waals surface area contributed by atoms with Crippen LogP contribution in [0.1, 0.15) is 16.7 Å². The summed E-state index contributed by atoms with van der Waals surface area (Å²) in [5.74, 6) is 0.212. The smallest absolute Gasteiger partial charge is 0.271 e. The number of ether oxygens (including phenoxy) is 2.